The Morgan fingerprint density at radius 2 is 1.91 bits per heavy atom. The maximum Gasteiger partial charge on any atom is 0.244 e. The van der Waals surface area contributed by atoms with E-state index in [1.54, 1.807) is 18.3 Å². The molecule has 1 amide bonds. The van der Waals surface area contributed by atoms with Crippen LogP contribution in [0.25, 0.3) is 0 Å². The summed E-state index contributed by atoms with van der Waals surface area (Å²) in [6, 6.07) is 11.6. The number of aromatic nitrogens is 1. The van der Waals surface area contributed by atoms with E-state index < -0.39 is 15.7 Å². The zero-order valence-corrected chi connectivity index (χ0v) is 13.7. The zero-order valence-electron chi connectivity index (χ0n) is 12.1. The monoisotopic (exact) mass is 350 g/mol. The number of nitrogens with zero attached hydrogens (tertiary/aromatic N) is 1. The number of halogens is 1. The molecule has 0 fully saturated rings. The largest absolute Gasteiger partial charge is 0.352 e. The number of nitrogens with one attached hydrogen (secondary N) is 1. The van der Waals surface area contributed by atoms with Gasteiger partial charge in [0.05, 0.1) is 9.92 Å². The molecule has 0 spiro atoms. The van der Waals surface area contributed by atoms with Gasteiger partial charge in [-0.05, 0) is 24.3 Å². The Kier molecular flexibility index (Phi) is 5.90. The van der Waals surface area contributed by atoms with Gasteiger partial charge in [-0.15, -0.1) is 0 Å². The lowest BCUT2D eigenvalue weighted by Gasteiger charge is -2.03. The number of rotatable bonds is 6. The Morgan fingerprint density at radius 3 is 2.61 bits per heavy atom. The van der Waals surface area contributed by atoms with Gasteiger partial charge in [0.15, 0.2) is 0 Å². The summed E-state index contributed by atoms with van der Waals surface area (Å²) < 4.78 is 24.2. The highest BCUT2D eigenvalue weighted by Gasteiger charge is 2.14. The fourth-order valence-corrected chi connectivity index (χ4v) is 3.33. The molecule has 0 bridgehead atoms. The van der Waals surface area contributed by atoms with E-state index in [0.29, 0.717) is 13.0 Å². The quantitative estimate of drug-likeness (QED) is 0.811. The molecule has 1 heterocycles. The van der Waals surface area contributed by atoms with Gasteiger partial charge in [0.25, 0.3) is 0 Å². The van der Waals surface area contributed by atoms with Crippen LogP contribution in [-0.4, -0.2) is 25.9 Å². The number of carbonyl (C=O) groups is 1. The molecule has 2 rings (SSSR count). The smallest absolute Gasteiger partial charge is 0.244 e. The van der Waals surface area contributed by atoms with Crippen LogP contribution < -0.4 is 5.32 Å². The highest BCUT2D eigenvalue weighted by atomic mass is 35.5. The summed E-state index contributed by atoms with van der Waals surface area (Å²) in [5.74, 6) is -0.489. The normalized spacial score (nSPS) is 11.5. The first-order chi connectivity index (χ1) is 11.0. The molecular formula is C16H15ClN2O3S. The second kappa shape index (κ2) is 7.89. The summed E-state index contributed by atoms with van der Waals surface area (Å²) in [4.78, 5) is 15.8. The van der Waals surface area contributed by atoms with Gasteiger partial charge in [0.2, 0.25) is 15.7 Å². The number of amides is 1. The summed E-state index contributed by atoms with van der Waals surface area (Å²) in [7, 11) is -3.75. The number of sulfone groups is 1. The van der Waals surface area contributed by atoms with Crippen molar-refractivity contribution < 1.29 is 13.2 Å². The summed E-state index contributed by atoms with van der Waals surface area (Å²) in [5.41, 5.74) is 0.848. The number of pyridine rings is 1. The van der Waals surface area contributed by atoms with E-state index in [4.69, 9.17) is 11.6 Å². The van der Waals surface area contributed by atoms with Crippen molar-refractivity contribution in [1.82, 2.24) is 10.3 Å². The molecule has 0 radical (unpaired) electrons. The molecule has 0 saturated heterocycles. The lowest BCUT2D eigenvalue weighted by Crippen LogP contribution is -2.24. The van der Waals surface area contributed by atoms with Crippen LogP contribution >= 0.6 is 11.6 Å². The molecule has 0 unspecified atom stereocenters. The molecule has 0 aliphatic rings. The van der Waals surface area contributed by atoms with Gasteiger partial charge in [-0.25, -0.2) is 8.42 Å². The van der Waals surface area contributed by atoms with Crippen molar-refractivity contribution in [3.63, 3.8) is 0 Å². The molecule has 2 aromatic rings. The molecule has 5 nitrogen and oxygen atoms in total. The third-order valence-corrected chi connectivity index (χ3v) is 4.85. The van der Waals surface area contributed by atoms with Crippen LogP contribution in [0.4, 0.5) is 0 Å². The van der Waals surface area contributed by atoms with E-state index in [0.717, 1.165) is 17.2 Å². The van der Waals surface area contributed by atoms with Crippen LogP contribution in [0, 0.1) is 0 Å². The van der Waals surface area contributed by atoms with Crippen LogP contribution in [0.2, 0.25) is 5.02 Å². The average molecular weight is 351 g/mol. The van der Waals surface area contributed by atoms with Gasteiger partial charge in [-0.1, -0.05) is 29.8 Å². The van der Waals surface area contributed by atoms with Crippen molar-refractivity contribution in [2.45, 2.75) is 11.3 Å². The second-order valence-electron chi connectivity index (χ2n) is 4.64. The predicted molar refractivity (Wildman–Crippen MR) is 88.7 cm³/mol. The van der Waals surface area contributed by atoms with Crippen molar-refractivity contribution >= 4 is 27.3 Å². The Labute approximate surface area is 139 Å². The SMILES string of the molecule is O=C(/C=C/S(=O)(=O)c1ccccc1Cl)NCCc1ccccn1. The van der Waals surface area contributed by atoms with E-state index in [1.165, 1.54) is 12.1 Å². The number of carbonyl (C=O) groups excluding carboxylic acids is 1. The van der Waals surface area contributed by atoms with Crippen LogP contribution in [0.15, 0.2) is 65.0 Å². The second-order valence-corrected chi connectivity index (χ2v) is 6.85. The third kappa shape index (κ3) is 5.19. The molecule has 23 heavy (non-hydrogen) atoms. The molecule has 0 aliphatic heterocycles. The standard InChI is InChI=1S/C16H15ClN2O3S/c17-14-6-1-2-7-15(14)23(21,22)12-9-16(20)19-11-8-13-5-3-4-10-18-13/h1-7,9-10,12H,8,11H2,(H,19,20)/b12-9+. The Bertz CT molecular complexity index is 805. The lowest BCUT2D eigenvalue weighted by molar-refractivity contribution is -0.116. The van der Waals surface area contributed by atoms with E-state index in [-0.39, 0.29) is 9.92 Å². The minimum atomic E-state index is -3.75. The molecule has 0 atom stereocenters. The first-order valence-electron chi connectivity index (χ1n) is 6.84. The van der Waals surface area contributed by atoms with Crippen molar-refractivity contribution in [1.29, 1.82) is 0 Å². The van der Waals surface area contributed by atoms with Gasteiger partial charge < -0.3 is 5.32 Å². The molecule has 1 N–H and O–H groups in total. The minimum absolute atomic E-state index is 0.0285. The highest BCUT2D eigenvalue weighted by Crippen LogP contribution is 2.22. The van der Waals surface area contributed by atoms with Gasteiger partial charge >= 0.3 is 0 Å². The summed E-state index contributed by atoms with van der Waals surface area (Å²) in [5, 5.41) is 3.58. The van der Waals surface area contributed by atoms with Crippen molar-refractivity contribution in [2.24, 2.45) is 0 Å². The highest BCUT2D eigenvalue weighted by molar-refractivity contribution is 7.94. The fraction of sp³-hybridized carbons (Fsp3) is 0.125. The third-order valence-electron chi connectivity index (χ3n) is 2.95. The van der Waals surface area contributed by atoms with Crippen molar-refractivity contribution in [2.75, 3.05) is 6.54 Å². The maximum atomic E-state index is 12.1. The first-order valence-corrected chi connectivity index (χ1v) is 8.77. The van der Waals surface area contributed by atoms with E-state index in [1.807, 2.05) is 18.2 Å². The van der Waals surface area contributed by atoms with E-state index in [2.05, 4.69) is 10.3 Å². The summed E-state index contributed by atoms with van der Waals surface area (Å²) in [6.07, 6.45) is 3.22. The molecule has 0 aliphatic carbocycles. The van der Waals surface area contributed by atoms with Crippen LogP contribution in [0.3, 0.4) is 0 Å². The van der Waals surface area contributed by atoms with E-state index >= 15 is 0 Å². The Morgan fingerprint density at radius 1 is 1.17 bits per heavy atom. The van der Waals surface area contributed by atoms with Crippen molar-refractivity contribution in [3.8, 4) is 0 Å². The molecule has 7 heteroatoms. The average Bonchev–Trinajstić information content (AvgIpc) is 2.54. The van der Waals surface area contributed by atoms with Gasteiger partial charge in [-0.2, -0.15) is 0 Å². The van der Waals surface area contributed by atoms with Gasteiger partial charge in [0.1, 0.15) is 0 Å². The van der Waals surface area contributed by atoms with Crippen molar-refractivity contribution in [3.05, 3.63) is 70.9 Å². The number of benzene rings is 1. The lowest BCUT2D eigenvalue weighted by atomic mass is 10.3. The molecule has 0 saturated carbocycles. The van der Waals surface area contributed by atoms with Crippen LogP contribution in [-0.2, 0) is 21.1 Å². The van der Waals surface area contributed by atoms with Crippen LogP contribution in [0.5, 0.6) is 0 Å². The summed E-state index contributed by atoms with van der Waals surface area (Å²) in [6.45, 7) is 0.367. The Hall–Kier alpha value is -2.18. The molecule has 120 valence electrons. The van der Waals surface area contributed by atoms with Crippen LogP contribution in [0.1, 0.15) is 5.69 Å². The molecular weight excluding hydrogens is 336 g/mol. The number of hydrogen-bond donors (Lipinski definition) is 1. The first kappa shape index (κ1) is 17.2. The number of hydrogen-bond acceptors (Lipinski definition) is 4. The molecule has 1 aromatic heterocycles. The Balaban J connectivity index is 1.92. The van der Waals surface area contributed by atoms with E-state index in [9.17, 15) is 13.2 Å². The minimum Gasteiger partial charge on any atom is -0.352 e. The summed E-state index contributed by atoms with van der Waals surface area (Å²) >= 11 is 5.85. The van der Waals surface area contributed by atoms with Gasteiger partial charge in [0, 0.05) is 36.3 Å². The predicted octanol–water partition coefficient (Wildman–Crippen LogP) is 2.38. The maximum absolute atomic E-state index is 12.1. The fourth-order valence-electron chi connectivity index (χ4n) is 1.82. The topological polar surface area (TPSA) is 76.1 Å². The molecule has 1 aromatic carbocycles. The zero-order chi connectivity index (χ0) is 16.7. The van der Waals surface area contributed by atoms with Gasteiger partial charge in [-0.3, -0.25) is 9.78 Å².